The average molecular weight is 874 g/mol. The summed E-state index contributed by atoms with van der Waals surface area (Å²) in [7, 11) is 0. The Kier molecular flexibility index (Phi) is 7.95. The maximum Gasteiger partial charge on any atom is 0.0740 e. The molecule has 0 unspecified atom stereocenters. The van der Waals surface area contributed by atoms with Crippen molar-refractivity contribution in [1.29, 1.82) is 0 Å². The van der Waals surface area contributed by atoms with Crippen LogP contribution in [0.1, 0.15) is 72.2 Å². The second kappa shape index (κ2) is 13.8. The minimum atomic E-state index is -0.477. The summed E-state index contributed by atoms with van der Waals surface area (Å²) in [5, 5.41) is 0. The molecule has 1 nitrogen and oxygen atoms in total. The van der Waals surface area contributed by atoms with Crippen LogP contribution >= 0.6 is 11.3 Å². The van der Waals surface area contributed by atoms with Crippen LogP contribution in [0.4, 0.5) is 17.1 Å². The number of nitrogens with zero attached hydrogens (tertiary/aromatic N) is 1. The van der Waals surface area contributed by atoms with Crippen molar-refractivity contribution < 1.29 is 0 Å². The minimum Gasteiger partial charge on any atom is -0.310 e. The molecule has 0 aliphatic heterocycles. The van der Waals surface area contributed by atoms with Crippen LogP contribution < -0.4 is 4.90 Å². The van der Waals surface area contributed by atoms with Gasteiger partial charge >= 0.3 is 0 Å². The van der Waals surface area contributed by atoms with Crippen molar-refractivity contribution in [1.82, 2.24) is 0 Å². The highest BCUT2D eigenvalue weighted by Crippen LogP contribution is 2.68. The second-order valence-electron chi connectivity index (χ2n) is 19.9. The molecule has 0 atom stereocenters. The normalized spacial score (nSPS) is 15.2. The Hall–Kier alpha value is -7.52. The average Bonchev–Trinajstić information content (AvgIpc) is 4.12. The molecule has 318 valence electrons. The van der Waals surface area contributed by atoms with Gasteiger partial charge in [0.05, 0.1) is 5.41 Å². The number of fused-ring (bicyclic) bond motifs is 16. The van der Waals surface area contributed by atoms with E-state index in [2.05, 4.69) is 245 Å². The molecule has 1 aromatic heterocycles. The Morgan fingerprint density at radius 2 is 0.716 bits per heavy atom. The number of benzene rings is 9. The van der Waals surface area contributed by atoms with Crippen LogP contribution in [0, 0.1) is 0 Å². The predicted molar refractivity (Wildman–Crippen MR) is 281 cm³/mol. The van der Waals surface area contributed by atoms with E-state index in [4.69, 9.17) is 0 Å². The fourth-order valence-electron chi connectivity index (χ4n) is 12.9. The summed E-state index contributed by atoms with van der Waals surface area (Å²) in [6.07, 6.45) is 0. The van der Waals surface area contributed by atoms with Crippen molar-refractivity contribution >= 4 is 28.4 Å². The quantitative estimate of drug-likeness (QED) is 0.167. The molecule has 0 radical (unpaired) electrons. The number of hydrogen-bond acceptors (Lipinski definition) is 2. The smallest absolute Gasteiger partial charge is 0.0740 e. The SMILES string of the molecule is CC1(C)c2ccccc2-c2ccc(N(c3cccc(-c4sc(-c5ccccc5)c5c4C4(c6ccccc6-c6ccccc64)c4ccccc4-5)c3)c3ccc4c(c3)C(C)(C)c3ccccc3-4)cc21. The number of thiophene rings is 1. The van der Waals surface area contributed by atoms with E-state index in [1.165, 1.54) is 110 Å². The maximum atomic E-state index is 2.53. The second-order valence-corrected chi connectivity index (χ2v) is 21.0. The molecule has 0 amide bonds. The summed E-state index contributed by atoms with van der Waals surface area (Å²) in [6, 6.07) is 80.4. The van der Waals surface area contributed by atoms with Crippen molar-refractivity contribution in [3.05, 3.63) is 257 Å². The van der Waals surface area contributed by atoms with Gasteiger partial charge in [0.25, 0.3) is 0 Å². The molecule has 10 aromatic rings. The molecule has 1 spiro atoms. The maximum absolute atomic E-state index is 2.53. The number of anilines is 3. The lowest BCUT2D eigenvalue weighted by Gasteiger charge is -2.31. The van der Waals surface area contributed by atoms with Crippen molar-refractivity contribution in [2.75, 3.05) is 4.90 Å². The Labute approximate surface area is 397 Å². The Bertz CT molecular complexity index is 3560. The van der Waals surface area contributed by atoms with Crippen molar-refractivity contribution in [3.63, 3.8) is 0 Å². The van der Waals surface area contributed by atoms with Gasteiger partial charge in [0.15, 0.2) is 0 Å². The third-order valence-corrected chi connectivity index (χ3v) is 17.2. The molecular weight excluding hydrogens is 827 g/mol. The summed E-state index contributed by atoms with van der Waals surface area (Å²) in [5.41, 5.74) is 26.8. The van der Waals surface area contributed by atoms with E-state index in [1.807, 2.05) is 11.3 Å². The van der Waals surface area contributed by atoms with Gasteiger partial charge in [0, 0.05) is 43.2 Å². The Morgan fingerprint density at radius 3 is 1.25 bits per heavy atom. The van der Waals surface area contributed by atoms with Crippen LogP contribution in [-0.4, -0.2) is 0 Å². The highest BCUT2D eigenvalue weighted by molar-refractivity contribution is 7.19. The molecule has 0 N–H and O–H groups in total. The van der Waals surface area contributed by atoms with Gasteiger partial charge in [-0.1, -0.05) is 204 Å². The summed E-state index contributed by atoms with van der Waals surface area (Å²) < 4.78 is 0. The van der Waals surface area contributed by atoms with Crippen LogP contribution in [-0.2, 0) is 16.2 Å². The predicted octanol–water partition coefficient (Wildman–Crippen LogP) is 17.5. The minimum absolute atomic E-state index is 0.139. The molecule has 9 aromatic carbocycles. The van der Waals surface area contributed by atoms with Gasteiger partial charge in [-0.3, -0.25) is 0 Å². The van der Waals surface area contributed by atoms with E-state index in [0.29, 0.717) is 0 Å². The van der Waals surface area contributed by atoms with Gasteiger partial charge < -0.3 is 4.90 Å². The van der Waals surface area contributed by atoms with E-state index in [9.17, 15) is 0 Å². The van der Waals surface area contributed by atoms with Crippen LogP contribution in [0.15, 0.2) is 212 Å². The highest BCUT2D eigenvalue weighted by atomic mass is 32.1. The Morgan fingerprint density at radius 1 is 0.313 bits per heavy atom. The largest absolute Gasteiger partial charge is 0.310 e. The zero-order valence-corrected chi connectivity index (χ0v) is 38.9. The molecule has 0 saturated carbocycles. The lowest BCUT2D eigenvalue weighted by molar-refractivity contribution is 0.660. The zero-order chi connectivity index (χ0) is 44.8. The summed E-state index contributed by atoms with van der Waals surface area (Å²) >= 11 is 1.95. The van der Waals surface area contributed by atoms with Crippen LogP contribution in [0.25, 0.3) is 65.4 Å². The van der Waals surface area contributed by atoms with Crippen molar-refractivity contribution in [2.45, 2.75) is 43.9 Å². The first-order valence-electron chi connectivity index (χ1n) is 23.7. The van der Waals surface area contributed by atoms with Gasteiger partial charge in [0.2, 0.25) is 0 Å². The first kappa shape index (κ1) is 38.7. The van der Waals surface area contributed by atoms with E-state index in [0.717, 1.165) is 17.1 Å². The van der Waals surface area contributed by atoms with Crippen molar-refractivity contribution in [3.8, 4) is 65.4 Å². The van der Waals surface area contributed by atoms with Crippen molar-refractivity contribution in [2.24, 2.45) is 0 Å². The van der Waals surface area contributed by atoms with Crippen LogP contribution in [0.5, 0.6) is 0 Å². The lowest BCUT2D eigenvalue weighted by Crippen LogP contribution is -2.26. The molecule has 67 heavy (non-hydrogen) atoms. The van der Waals surface area contributed by atoms with Gasteiger partial charge in [-0.25, -0.2) is 0 Å². The molecule has 0 bridgehead atoms. The third kappa shape index (κ3) is 5.09. The van der Waals surface area contributed by atoms with Gasteiger partial charge in [0.1, 0.15) is 0 Å². The molecule has 14 rings (SSSR count). The first-order valence-corrected chi connectivity index (χ1v) is 24.5. The number of hydrogen-bond donors (Lipinski definition) is 0. The van der Waals surface area contributed by atoms with E-state index in [-0.39, 0.29) is 10.8 Å². The van der Waals surface area contributed by atoms with E-state index >= 15 is 0 Å². The third-order valence-electron chi connectivity index (χ3n) is 15.9. The molecule has 4 aliphatic carbocycles. The first-order chi connectivity index (χ1) is 32.8. The molecule has 0 fully saturated rings. The van der Waals surface area contributed by atoms with Gasteiger partial charge in [-0.2, -0.15) is 0 Å². The monoisotopic (exact) mass is 873 g/mol. The van der Waals surface area contributed by atoms with Gasteiger partial charge in [-0.05, 0) is 131 Å². The summed E-state index contributed by atoms with van der Waals surface area (Å²) in [4.78, 5) is 5.16. The lowest BCUT2D eigenvalue weighted by atomic mass is 9.70. The molecular formula is C65H47NS. The van der Waals surface area contributed by atoms with E-state index in [1.54, 1.807) is 0 Å². The molecule has 4 aliphatic rings. The number of rotatable bonds is 5. The van der Waals surface area contributed by atoms with Crippen LogP contribution in [0.2, 0.25) is 0 Å². The Balaban J connectivity index is 1.03. The fourth-order valence-corrected chi connectivity index (χ4v) is 14.3. The standard InChI is InChI=1S/C65H47NS/c1-63(2)52-28-13-8-23-45(52)49-35-33-43(38-57(49)63)66(44-34-36-50-46-24-9-14-29-53(46)64(3,4)58(50)39-44)42-22-18-21-41(37-42)62-60-59(61(67-62)40-19-6-5-7-20-40)51-27-12-17-32-56(51)65(60)54-30-15-10-25-47(54)48-26-11-16-31-55(48)65/h5-39H,1-4H3. The summed E-state index contributed by atoms with van der Waals surface area (Å²) in [6.45, 7) is 9.54. The van der Waals surface area contributed by atoms with Crippen LogP contribution in [0.3, 0.4) is 0 Å². The fraction of sp³-hybridized carbons (Fsp3) is 0.108. The van der Waals surface area contributed by atoms with Gasteiger partial charge in [-0.15, -0.1) is 11.3 Å². The topological polar surface area (TPSA) is 3.24 Å². The van der Waals surface area contributed by atoms with E-state index < -0.39 is 5.41 Å². The molecule has 2 heteroatoms. The zero-order valence-electron chi connectivity index (χ0n) is 38.1. The molecule has 0 saturated heterocycles. The summed E-state index contributed by atoms with van der Waals surface area (Å²) in [5.74, 6) is 0. The highest BCUT2D eigenvalue weighted by Gasteiger charge is 2.54. The molecule has 1 heterocycles.